The van der Waals surface area contributed by atoms with E-state index in [4.69, 9.17) is 10.1 Å². The maximum Gasteiger partial charge on any atom is 0.295 e. The highest BCUT2D eigenvalue weighted by Gasteiger charge is 2.51. The van der Waals surface area contributed by atoms with Gasteiger partial charge in [0.05, 0.1) is 0 Å². The number of hydrogen-bond donors (Lipinski definition) is 1. The fourth-order valence-electron chi connectivity index (χ4n) is 3.70. The van der Waals surface area contributed by atoms with Gasteiger partial charge in [-0.3, -0.25) is 4.79 Å². The van der Waals surface area contributed by atoms with E-state index in [1.165, 1.54) is 0 Å². The smallest absolute Gasteiger partial charge is 0.295 e. The van der Waals surface area contributed by atoms with Crippen LogP contribution in [-0.4, -0.2) is 20.8 Å². The summed E-state index contributed by atoms with van der Waals surface area (Å²) in [5.41, 5.74) is 11.1. The summed E-state index contributed by atoms with van der Waals surface area (Å²) in [6.07, 6.45) is 3.92. The molecule has 0 aliphatic rings. The Labute approximate surface area is 180 Å². The molecule has 2 aromatic carbocycles. The maximum atomic E-state index is 12.5. The fourth-order valence-corrected chi connectivity index (χ4v) is 7.90. The van der Waals surface area contributed by atoms with Crippen LogP contribution in [-0.2, 0) is 9.32 Å². The lowest BCUT2D eigenvalue weighted by Crippen LogP contribution is -2.68. The molecule has 0 unspecified atom stereocenters. The van der Waals surface area contributed by atoms with E-state index in [0.29, 0.717) is 13.0 Å². The number of benzene rings is 2. The molecule has 2 aromatic rings. The molecule has 0 aromatic heterocycles. The average Bonchev–Trinajstić information content (AvgIpc) is 2.74. The Kier molecular flexibility index (Phi) is 9.11. The molecule has 0 saturated heterocycles. The molecule has 0 aliphatic carbocycles. The molecular weight excluding hydrogens is 392 g/mol. The molecule has 0 bridgehead atoms. The van der Waals surface area contributed by atoms with Gasteiger partial charge in [0.1, 0.15) is 0 Å². The number of nitrogens with one attached hydrogen (secondary N) is 1. The van der Waals surface area contributed by atoms with E-state index in [0.717, 1.165) is 36.1 Å². The van der Waals surface area contributed by atoms with Crippen LogP contribution in [0.4, 0.5) is 0 Å². The first-order valence-electron chi connectivity index (χ1n) is 10.5. The Morgan fingerprint density at radius 1 is 0.967 bits per heavy atom. The molecule has 0 spiro atoms. The van der Waals surface area contributed by atoms with Crippen molar-refractivity contribution in [1.82, 2.24) is 5.48 Å². The van der Waals surface area contributed by atoms with Crippen molar-refractivity contribution >= 4 is 24.6 Å². The van der Waals surface area contributed by atoms with Crippen molar-refractivity contribution in [3.63, 3.8) is 0 Å². The van der Waals surface area contributed by atoms with Gasteiger partial charge in [-0.25, -0.2) is 5.48 Å². The first-order valence-corrected chi connectivity index (χ1v) is 12.4. The molecular formula is C23H32N4O2Si. The van der Waals surface area contributed by atoms with Gasteiger partial charge in [-0.05, 0) is 33.8 Å². The van der Waals surface area contributed by atoms with Crippen molar-refractivity contribution in [3.05, 3.63) is 71.1 Å². The van der Waals surface area contributed by atoms with Gasteiger partial charge in [-0.1, -0.05) is 99.4 Å². The van der Waals surface area contributed by atoms with Crippen molar-refractivity contribution in [2.75, 3.05) is 6.54 Å². The fraction of sp³-hybridized carbons (Fsp3) is 0.435. The van der Waals surface area contributed by atoms with E-state index in [-0.39, 0.29) is 10.9 Å². The van der Waals surface area contributed by atoms with Gasteiger partial charge in [0, 0.05) is 17.9 Å². The molecule has 0 atom stereocenters. The summed E-state index contributed by atoms with van der Waals surface area (Å²) in [7, 11) is -2.76. The highest BCUT2D eigenvalue weighted by molar-refractivity contribution is 6.99. The van der Waals surface area contributed by atoms with Gasteiger partial charge < -0.3 is 4.53 Å². The number of nitrogens with zero attached hydrogens (tertiary/aromatic N) is 3. The molecule has 0 radical (unpaired) electrons. The quantitative estimate of drug-likeness (QED) is 0.139. The van der Waals surface area contributed by atoms with Crippen molar-refractivity contribution in [3.8, 4) is 0 Å². The minimum atomic E-state index is -2.76. The number of hydrogen-bond acceptors (Lipinski definition) is 3. The minimum absolute atomic E-state index is 0.0990. The van der Waals surface area contributed by atoms with Crippen LogP contribution in [0.25, 0.3) is 10.4 Å². The predicted molar refractivity (Wildman–Crippen MR) is 124 cm³/mol. The minimum Gasteiger partial charge on any atom is -0.308 e. The molecule has 30 heavy (non-hydrogen) atoms. The molecule has 0 fully saturated rings. The summed E-state index contributed by atoms with van der Waals surface area (Å²) >= 11 is 0. The monoisotopic (exact) mass is 424 g/mol. The predicted octanol–water partition coefficient (Wildman–Crippen LogP) is 4.86. The molecule has 0 heterocycles. The average molecular weight is 425 g/mol. The Hall–Kier alpha value is -2.60. The van der Waals surface area contributed by atoms with Gasteiger partial charge in [0.15, 0.2) is 0 Å². The summed E-state index contributed by atoms with van der Waals surface area (Å²) in [5, 5.41) is 5.59. The van der Waals surface area contributed by atoms with E-state index in [2.05, 4.69) is 60.5 Å². The largest absolute Gasteiger partial charge is 0.308 e. The number of hydroxylamine groups is 1. The Balaban J connectivity index is 2.11. The summed E-state index contributed by atoms with van der Waals surface area (Å²) in [4.78, 5) is 15.3. The molecule has 0 aliphatic heterocycles. The second kappa shape index (κ2) is 11.5. The van der Waals surface area contributed by atoms with Crippen molar-refractivity contribution in [2.45, 2.75) is 57.9 Å². The normalized spacial score (nSPS) is 11.6. The number of amides is 1. The molecule has 7 heteroatoms. The van der Waals surface area contributed by atoms with Crippen LogP contribution in [0.1, 0.15) is 52.9 Å². The van der Waals surface area contributed by atoms with Crippen LogP contribution < -0.4 is 15.9 Å². The van der Waals surface area contributed by atoms with E-state index < -0.39 is 8.32 Å². The summed E-state index contributed by atoms with van der Waals surface area (Å²) < 4.78 is 6.42. The molecule has 2 rings (SSSR count). The van der Waals surface area contributed by atoms with Gasteiger partial charge >= 0.3 is 0 Å². The van der Waals surface area contributed by atoms with Crippen LogP contribution in [0.15, 0.2) is 65.8 Å². The van der Waals surface area contributed by atoms with Crippen LogP contribution >= 0.6 is 0 Å². The summed E-state index contributed by atoms with van der Waals surface area (Å²) in [5.74, 6) is -0.0990. The zero-order valence-electron chi connectivity index (χ0n) is 18.2. The first-order chi connectivity index (χ1) is 14.4. The van der Waals surface area contributed by atoms with Crippen LogP contribution in [0, 0.1) is 0 Å². The Morgan fingerprint density at radius 3 is 2.00 bits per heavy atom. The SMILES string of the molecule is CC(C)(C)[Si](ONC(=O)CCCCCCN=[N+]=[N-])(c1ccccc1)c1ccccc1. The zero-order chi connectivity index (χ0) is 21.9. The van der Waals surface area contributed by atoms with E-state index in [9.17, 15) is 4.79 Å². The Bertz CT molecular complexity index is 792. The number of azide groups is 1. The van der Waals surface area contributed by atoms with Crippen molar-refractivity contribution in [2.24, 2.45) is 5.11 Å². The number of carbonyl (C=O) groups excluding carboxylic acids is 1. The lowest BCUT2D eigenvalue weighted by atomic mass is 10.1. The van der Waals surface area contributed by atoms with Crippen LogP contribution in [0.2, 0.25) is 5.04 Å². The topological polar surface area (TPSA) is 87.1 Å². The highest BCUT2D eigenvalue weighted by atomic mass is 28.4. The molecule has 6 nitrogen and oxygen atoms in total. The number of carbonyl (C=O) groups is 1. The molecule has 0 saturated carbocycles. The first kappa shape index (κ1) is 23.7. The molecule has 1 N–H and O–H groups in total. The van der Waals surface area contributed by atoms with Crippen molar-refractivity contribution in [1.29, 1.82) is 0 Å². The summed E-state index contributed by atoms with van der Waals surface area (Å²) in [6, 6.07) is 20.5. The maximum absolute atomic E-state index is 12.5. The third-order valence-electron chi connectivity index (χ3n) is 5.21. The van der Waals surface area contributed by atoms with Gasteiger partial charge in [-0.2, -0.15) is 0 Å². The van der Waals surface area contributed by atoms with E-state index >= 15 is 0 Å². The van der Waals surface area contributed by atoms with E-state index in [1.54, 1.807) is 0 Å². The lowest BCUT2D eigenvalue weighted by molar-refractivity contribution is -0.128. The third kappa shape index (κ3) is 6.20. The third-order valence-corrected chi connectivity index (χ3v) is 10.0. The van der Waals surface area contributed by atoms with Crippen LogP contribution in [0.3, 0.4) is 0 Å². The number of unbranched alkanes of at least 4 members (excludes halogenated alkanes) is 3. The standard InChI is InChI=1S/C23H32N4O2Si/c1-23(2,3)30(20-14-8-6-9-15-20,21-16-10-7-11-17-21)29-26-22(28)18-12-4-5-13-19-25-27-24/h6-11,14-17H,4-5,12-13,18-19H2,1-3H3,(H,26,28). The second-order valence-electron chi connectivity index (χ2n) is 8.41. The molecule has 1 amide bonds. The van der Waals surface area contributed by atoms with Gasteiger partial charge in [0.2, 0.25) is 5.91 Å². The summed E-state index contributed by atoms with van der Waals surface area (Å²) in [6.45, 7) is 7.04. The molecule has 160 valence electrons. The van der Waals surface area contributed by atoms with E-state index in [1.807, 2.05) is 36.4 Å². The van der Waals surface area contributed by atoms with Crippen LogP contribution in [0.5, 0.6) is 0 Å². The lowest BCUT2D eigenvalue weighted by Gasteiger charge is -2.41. The van der Waals surface area contributed by atoms with Crippen molar-refractivity contribution < 1.29 is 9.32 Å². The second-order valence-corrected chi connectivity index (χ2v) is 12.6. The Morgan fingerprint density at radius 2 is 1.50 bits per heavy atom. The van der Waals surface area contributed by atoms with Gasteiger partial charge in [-0.15, -0.1) is 0 Å². The van der Waals surface area contributed by atoms with Gasteiger partial charge in [0.25, 0.3) is 8.32 Å². The number of rotatable bonds is 11. The highest BCUT2D eigenvalue weighted by Crippen LogP contribution is 2.36. The zero-order valence-corrected chi connectivity index (χ0v) is 19.2.